The summed E-state index contributed by atoms with van der Waals surface area (Å²) in [5.74, 6) is -0.334. The van der Waals surface area contributed by atoms with E-state index in [1.54, 1.807) is 6.08 Å². The fourth-order valence-corrected chi connectivity index (χ4v) is 0.796. The summed E-state index contributed by atoms with van der Waals surface area (Å²) in [4.78, 5) is 10.7. The highest BCUT2D eigenvalue weighted by Gasteiger charge is 1.89. The minimum Gasteiger partial charge on any atom is -0.466 e. The molecule has 0 saturated heterocycles. The summed E-state index contributed by atoms with van der Waals surface area (Å²) in [7, 11) is 1.36. The van der Waals surface area contributed by atoms with Crippen LogP contribution in [0.1, 0.15) is 5.56 Å². The number of rotatable bonds is 2. The molecule has 1 aromatic rings. The lowest BCUT2D eigenvalue weighted by atomic mass is 11.2. The van der Waals surface area contributed by atoms with Crippen molar-refractivity contribution in [1.82, 2.24) is 0 Å². The van der Waals surface area contributed by atoms with Crippen molar-refractivity contribution < 1.29 is 9.53 Å². The van der Waals surface area contributed by atoms with E-state index in [2.05, 4.69) is 4.74 Å². The molecule has 0 heterocycles. The minimum atomic E-state index is -0.334. The number of methoxy groups -OCH3 is 1. The smallest absolute Gasteiger partial charge is 0.330 e. The molecular formula is C10H10O2. The molecule has 2 heteroatoms. The molecule has 0 unspecified atom stereocenters. The van der Waals surface area contributed by atoms with Crippen LogP contribution < -0.4 is 0 Å². The van der Waals surface area contributed by atoms with Gasteiger partial charge in [0, 0.05) is 6.08 Å². The second-order valence-electron chi connectivity index (χ2n) is 2.27. The predicted molar refractivity (Wildman–Crippen MR) is 47.5 cm³/mol. The number of ether oxygens (including phenoxy) is 1. The summed E-state index contributed by atoms with van der Waals surface area (Å²) in [5.41, 5.74) is 0.989. The number of carbonyl (C=O) groups is 1. The lowest BCUT2D eigenvalue weighted by Gasteiger charge is -1.91. The second kappa shape index (κ2) is 4.34. The van der Waals surface area contributed by atoms with E-state index in [4.69, 9.17) is 0 Å². The molecule has 12 heavy (non-hydrogen) atoms. The lowest BCUT2D eigenvalue weighted by Crippen LogP contribution is -1.92. The van der Waals surface area contributed by atoms with Crippen molar-refractivity contribution in [3.63, 3.8) is 0 Å². The first kappa shape index (κ1) is 8.53. The Bertz CT molecular complexity index is 275. The lowest BCUT2D eigenvalue weighted by molar-refractivity contribution is -0.134. The molecule has 1 rings (SSSR count). The van der Waals surface area contributed by atoms with E-state index in [0.717, 1.165) is 5.56 Å². The fraction of sp³-hybridized carbons (Fsp3) is 0.100. The Kier molecular flexibility index (Phi) is 3.08. The standard InChI is InChI=1S/C10H10O2/c1-12-10(11)8-7-9-5-3-2-4-6-9/h2-8H,1H3/b8-7+/i2+1,3+1,4+1,5+1,6+1,7+1,8+1,9+1,10+1. The second-order valence-corrected chi connectivity index (χ2v) is 2.27. The topological polar surface area (TPSA) is 26.3 Å². The van der Waals surface area contributed by atoms with Crippen LogP contribution in [0.3, 0.4) is 0 Å². The van der Waals surface area contributed by atoms with E-state index in [1.807, 2.05) is 30.3 Å². The average Bonchev–Trinajstić information content (AvgIpc) is 2.16. The van der Waals surface area contributed by atoms with Crippen LogP contribution in [-0.2, 0) is 9.53 Å². The van der Waals surface area contributed by atoms with Crippen LogP contribution >= 0.6 is 0 Å². The molecule has 0 aromatic heterocycles. The van der Waals surface area contributed by atoms with Gasteiger partial charge in [0.25, 0.3) is 0 Å². The molecule has 0 atom stereocenters. The summed E-state index contributed by atoms with van der Waals surface area (Å²) < 4.78 is 4.45. The molecule has 0 aliphatic carbocycles. The molecule has 0 fully saturated rings. The zero-order chi connectivity index (χ0) is 8.81. The van der Waals surface area contributed by atoms with Crippen LogP contribution in [0, 0.1) is 0 Å². The Hall–Kier alpha value is -1.57. The Labute approximate surface area is 71.5 Å². The van der Waals surface area contributed by atoms with Crippen LogP contribution in [0.2, 0.25) is 0 Å². The quantitative estimate of drug-likeness (QED) is 0.385. The van der Waals surface area contributed by atoms with Gasteiger partial charge in [0.1, 0.15) is 0 Å². The minimum absolute atomic E-state index is 0.334. The Morgan fingerprint density at radius 3 is 2.58 bits per heavy atom. The van der Waals surface area contributed by atoms with Crippen molar-refractivity contribution in [1.29, 1.82) is 0 Å². The number of carbonyl (C=O) groups excluding carboxylic acids is 1. The molecule has 0 aliphatic rings. The highest BCUT2D eigenvalue weighted by Crippen LogP contribution is 2.00. The fourth-order valence-electron chi connectivity index (χ4n) is 0.796. The first-order chi connectivity index (χ1) is 5.83. The van der Waals surface area contributed by atoms with Crippen molar-refractivity contribution in [2.45, 2.75) is 0 Å². The van der Waals surface area contributed by atoms with E-state index >= 15 is 0 Å². The van der Waals surface area contributed by atoms with E-state index in [0.29, 0.717) is 0 Å². The summed E-state index contributed by atoms with van der Waals surface area (Å²) in [6, 6.07) is 9.59. The van der Waals surface area contributed by atoms with Crippen molar-refractivity contribution in [3.8, 4) is 0 Å². The van der Waals surface area contributed by atoms with Gasteiger partial charge in [0.05, 0.1) is 7.11 Å². The van der Waals surface area contributed by atoms with Gasteiger partial charge in [-0.2, -0.15) is 0 Å². The van der Waals surface area contributed by atoms with Gasteiger partial charge >= 0.3 is 5.97 Å². The SMILES string of the molecule is CO[13C](=O)/[13CH]=[13CH]/[13c]1[13cH][13cH][13cH][13cH][13cH]1. The molecule has 0 amide bonds. The summed E-state index contributed by atoms with van der Waals surface area (Å²) in [6.45, 7) is 0. The van der Waals surface area contributed by atoms with Crippen molar-refractivity contribution in [2.24, 2.45) is 0 Å². The van der Waals surface area contributed by atoms with Crippen LogP contribution in [0.15, 0.2) is 36.4 Å². The van der Waals surface area contributed by atoms with Gasteiger partial charge < -0.3 is 4.74 Å². The largest absolute Gasteiger partial charge is 0.466 e. The summed E-state index contributed by atoms with van der Waals surface area (Å²) in [5, 5.41) is 0. The van der Waals surface area contributed by atoms with Crippen LogP contribution in [0.4, 0.5) is 0 Å². The number of esters is 1. The molecule has 0 bridgehead atoms. The first-order valence-electron chi connectivity index (χ1n) is 3.64. The molecule has 0 radical (unpaired) electrons. The molecule has 1 aromatic carbocycles. The molecule has 0 saturated carbocycles. The third-order valence-electron chi connectivity index (χ3n) is 1.41. The van der Waals surface area contributed by atoms with Gasteiger partial charge in [-0.25, -0.2) is 4.79 Å². The highest BCUT2D eigenvalue weighted by molar-refractivity contribution is 5.86. The van der Waals surface area contributed by atoms with Crippen LogP contribution in [0.5, 0.6) is 0 Å². The highest BCUT2D eigenvalue weighted by atomic mass is 16.6. The summed E-state index contributed by atoms with van der Waals surface area (Å²) in [6.07, 6.45) is 3.11. The van der Waals surface area contributed by atoms with Gasteiger partial charge in [0.15, 0.2) is 0 Å². The van der Waals surface area contributed by atoms with Crippen molar-refractivity contribution >= 4 is 12.0 Å². The maximum absolute atomic E-state index is 10.7. The average molecular weight is 171 g/mol. The van der Waals surface area contributed by atoms with E-state index in [-0.39, 0.29) is 5.97 Å². The number of hydrogen-bond donors (Lipinski definition) is 0. The Balaban J connectivity index is 2.64. The molecule has 0 spiro atoms. The number of hydrogen-bond acceptors (Lipinski definition) is 2. The van der Waals surface area contributed by atoms with Gasteiger partial charge in [0.2, 0.25) is 0 Å². The Morgan fingerprint density at radius 2 is 2.00 bits per heavy atom. The zero-order valence-corrected chi connectivity index (χ0v) is 6.86. The first-order valence-corrected chi connectivity index (χ1v) is 3.64. The van der Waals surface area contributed by atoms with Gasteiger partial charge in [-0.05, 0) is 11.6 Å². The molecule has 2 nitrogen and oxygen atoms in total. The summed E-state index contributed by atoms with van der Waals surface area (Å²) >= 11 is 0. The maximum Gasteiger partial charge on any atom is 0.330 e. The van der Waals surface area contributed by atoms with Crippen molar-refractivity contribution in [3.05, 3.63) is 42.0 Å². The van der Waals surface area contributed by atoms with Crippen LogP contribution in [0.25, 0.3) is 6.08 Å². The van der Waals surface area contributed by atoms with Gasteiger partial charge in [-0.1, -0.05) is 30.3 Å². The maximum atomic E-state index is 10.7. The zero-order valence-electron chi connectivity index (χ0n) is 6.86. The molecule has 0 N–H and O–H groups in total. The normalized spacial score (nSPS) is 10.1. The monoisotopic (exact) mass is 171 g/mol. The predicted octanol–water partition coefficient (Wildman–Crippen LogP) is 1.87. The molecule has 0 aliphatic heterocycles. The molecule has 62 valence electrons. The van der Waals surface area contributed by atoms with E-state index in [9.17, 15) is 4.79 Å². The van der Waals surface area contributed by atoms with E-state index in [1.165, 1.54) is 13.2 Å². The van der Waals surface area contributed by atoms with Crippen molar-refractivity contribution in [2.75, 3.05) is 7.11 Å². The number of benzene rings is 1. The Morgan fingerprint density at radius 1 is 1.33 bits per heavy atom. The van der Waals surface area contributed by atoms with Crippen LogP contribution in [-0.4, -0.2) is 13.1 Å². The third-order valence-corrected chi connectivity index (χ3v) is 1.41. The van der Waals surface area contributed by atoms with E-state index < -0.39 is 0 Å². The van der Waals surface area contributed by atoms with Gasteiger partial charge in [-0.3, -0.25) is 0 Å². The third kappa shape index (κ3) is 2.58. The van der Waals surface area contributed by atoms with Gasteiger partial charge in [-0.15, -0.1) is 0 Å². The molecular weight excluding hydrogens is 161 g/mol.